The second-order valence-corrected chi connectivity index (χ2v) is 11.4. The van der Waals surface area contributed by atoms with Crippen LogP contribution in [0, 0.1) is 17.0 Å². The number of rotatable bonds is 2. The summed E-state index contributed by atoms with van der Waals surface area (Å²) in [6.45, 7) is 5.36. The number of hydrogen-bond acceptors (Lipinski definition) is 3. The molecule has 0 saturated carbocycles. The summed E-state index contributed by atoms with van der Waals surface area (Å²) in [6, 6.07) is 11.6. The van der Waals surface area contributed by atoms with Crippen molar-refractivity contribution in [1.29, 1.82) is 0 Å². The zero-order valence-corrected chi connectivity index (χ0v) is 22.4. The monoisotopic (exact) mass is 548 g/mol. The first-order valence-corrected chi connectivity index (χ1v) is 13.9. The zero-order valence-electron chi connectivity index (χ0n) is 22.4. The molecular formula is C30H37F5N4. The van der Waals surface area contributed by atoms with Crippen molar-refractivity contribution in [3.05, 3.63) is 65.4 Å². The van der Waals surface area contributed by atoms with Crippen LogP contribution in [0.5, 0.6) is 0 Å². The SMILES string of the molecule is CC1Cc2c([nH]c3ccccc23)CN1CC(F)(F)F.Fc1cc(F)cc(N2CCCC3(CCCNC3)CC2)c1. The number of para-hydroxylation sites is 1. The van der Waals surface area contributed by atoms with E-state index in [1.807, 2.05) is 31.2 Å². The Bertz CT molecular complexity index is 1240. The van der Waals surface area contributed by atoms with Crippen LogP contribution in [0.2, 0.25) is 0 Å². The van der Waals surface area contributed by atoms with E-state index >= 15 is 0 Å². The summed E-state index contributed by atoms with van der Waals surface area (Å²) in [7, 11) is 0. The molecule has 4 heterocycles. The molecule has 9 heteroatoms. The Hall–Kier alpha value is -2.65. The number of anilines is 1. The Morgan fingerprint density at radius 2 is 1.72 bits per heavy atom. The van der Waals surface area contributed by atoms with Gasteiger partial charge in [0.1, 0.15) is 11.6 Å². The minimum atomic E-state index is -4.14. The highest BCUT2D eigenvalue weighted by Crippen LogP contribution is 2.38. The van der Waals surface area contributed by atoms with E-state index < -0.39 is 24.4 Å². The fraction of sp³-hybridized carbons (Fsp3) is 0.533. The van der Waals surface area contributed by atoms with Crippen molar-refractivity contribution in [2.45, 2.75) is 64.2 Å². The minimum Gasteiger partial charge on any atom is -0.371 e. The number of H-pyrrole nitrogens is 1. The number of nitrogens with zero attached hydrogens (tertiary/aromatic N) is 2. The molecule has 3 aromatic rings. The van der Waals surface area contributed by atoms with Gasteiger partial charge in [0.2, 0.25) is 0 Å². The van der Waals surface area contributed by atoms with Crippen LogP contribution >= 0.6 is 0 Å². The maximum absolute atomic E-state index is 13.4. The number of hydrogen-bond donors (Lipinski definition) is 2. The highest BCUT2D eigenvalue weighted by atomic mass is 19.4. The van der Waals surface area contributed by atoms with Gasteiger partial charge in [-0.15, -0.1) is 0 Å². The number of aromatic amines is 1. The number of halogens is 5. The van der Waals surface area contributed by atoms with E-state index in [2.05, 4.69) is 15.2 Å². The molecule has 39 heavy (non-hydrogen) atoms. The first kappa shape index (κ1) is 27.9. The number of benzene rings is 2. The Kier molecular flexibility index (Phi) is 8.19. The minimum absolute atomic E-state index is 0.0895. The summed E-state index contributed by atoms with van der Waals surface area (Å²) in [5, 5.41) is 4.64. The quantitative estimate of drug-likeness (QED) is 0.346. The van der Waals surface area contributed by atoms with Crippen LogP contribution in [0.15, 0.2) is 42.5 Å². The number of alkyl halides is 3. The van der Waals surface area contributed by atoms with E-state index in [0.717, 1.165) is 61.7 Å². The third-order valence-corrected chi connectivity index (χ3v) is 8.59. The van der Waals surface area contributed by atoms with E-state index in [9.17, 15) is 22.0 Å². The summed E-state index contributed by atoms with van der Waals surface area (Å²) in [5.74, 6) is -0.975. The molecule has 1 spiro atoms. The average Bonchev–Trinajstić information content (AvgIpc) is 3.10. The van der Waals surface area contributed by atoms with Gasteiger partial charge in [-0.25, -0.2) is 8.78 Å². The van der Waals surface area contributed by atoms with Gasteiger partial charge in [0.15, 0.2) is 0 Å². The van der Waals surface area contributed by atoms with Crippen molar-refractivity contribution in [3.8, 4) is 0 Å². The van der Waals surface area contributed by atoms with Crippen LogP contribution in [-0.4, -0.2) is 54.8 Å². The molecule has 2 saturated heterocycles. The van der Waals surface area contributed by atoms with Crippen molar-refractivity contribution in [3.63, 3.8) is 0 Å². The molecule has 0 bridgehead atoms. The van der Waals surface area contributed by atoms with Crippen molar-refractivity contribution < 1.29 is 22.0 Å². The predicted molar refractivity (Wildman–Crippen MR) is 145 cm³/mol. The van der Waals surface area contributed by atoms with E-state index in [-0.39, 0.29) is 6.04 Å². The van der Waals surface area contributed by atoms with Gasteiger partial charge in [0, 0.05) is 60.6 Å². The van der Waals surface area contributed by atoms with Gasteiger partial charge >= 0.3 is 6.18 Å². The van der Waals surface area contributed by atoms with Gasteiger partial charge in [-0.05, 0) is 81.2 Å². The predicted octanol–water partition coefficient (Wildman–Crippen LogP) is 6.80. The van der Waals surface area contributed by atoms with Crippen LogP contribution in [-0.2, 0) is 13.0 Å². The molecule has 2 unspecified atom stereocenters. The lowest BCUT2D eigenvalue weighted by atomic mass is 9.75. The molecule has 2 fully saturated rings. The smallest absolute Gasteiger partial charge is 0.371 e. The van der Waals surface area contributed by atoms with Crippen LogP contribution in [0.3, 0.4) is 0 Å². The molecule has 3 aliphatic rings. The maximum Gasteiger partial charge on any atom is 0.401 e. The van der Waals surface area contributed by atoms with Gasteiger partial charge < -0.3 is 15.2 Å². The highest BCUT2D eigenvalue weighted by molar-refractivity contribution is 5.84. The zero-order chi connectivity index (χ0) is 27.6. The first-order chi connectivity index (χ1) is 18.6. The Morgan fingerprint density at radius 3 is 2.44 bits per heavy atom. The number of aromatic nitrogens is 1. The molecule has 0 aliphatic carbocycles. The lowest BCUT2D eigenvalue weighted by Crippen LogP contribution is -2.43. The van der Waals surface area contributed by atoms with Gasteiger partial charge in [0.05, 0.1) is 6.54 Å². The molecule has 2 N–H and O–H groups in total. The molecule has 2 atom stereocenters. The van der Waals surface area contributed by atoms with Crippen molar-refractivity contribution in [1.82, 2.24) is 15.2 Å². The van der Waals surface area contributed by atoms with Crippen LogP contribution in [0.1, 0.15) is 50.3 Å². The van der Waals surface area contributed by atoms with Gasteiger partial charge in [-0.2, -0.15) is 13.2 Å². The molecule has 0 amide bonds. The largest absolute Gasteiger partial charge is 0.401 e. The van der Waals surface area contributed by atoms with E-state index in [0.29, 0.717) is 24.1 Å². The third-order valence-electron chi connectivity index (χ3n) is 8.59. The fourth-order valence-electron chi connectivity index (χ4n) is 6.54. The van der Waals surface area contributed by atoms with Crippen molar-refractivity contribution >= 4 is 16.6 Å². The summed E-state index contributed by atoms with van der Waals surface area (Å²) in [5.41, 5.74) is 4.18. The lowest BCUT2D eigenvalue weighted by molar-refractivity contribution is -0.152. The second-order valence-electron chi connectivity index (χ2n) is 11.4. The average molecular weight is 549 g/mol. The summed E-state index contributed by atoms with van der Waals surface area (Å²) < 4.78 is 64.3. The Balaban J connectivity index is 0.000000158. The topological polar surface area (TPSA) is 34.3 Å². The van der Waals surface area contributed by atoms with E-state index in [1.54, 1.807) is 0 Å². The molecule has 6 rings (SSSR count). The molecule has 4 nitrogen and oxygen atoms in total. The first-order valence-electron chi connectivity index (χ1n) is 13.9. The van der Waals surface area contributed by atoms with E-state index in [4.69, 9.17) is 0 Å². The second kappa shape index (κ2) is 11.5. The maximum atomic E-state index is 13.4. The fourth-order valence-corrected chi connectivity index (χ4v) is 6.54. The summed E-state index contributed by atoms with van der Waals surface area (Å²) in [6.07, 6.45) is 2.47. The van der Waals surface area contributed by atoms with E-state index in [1.165, 1.54) is 41.9 Å². The molecular weight excluding hydrogens is 511 g/mol. The molecule has 212 valence electrons. The van der Waals surface area contributed by atoms with Gasteiger partial charge in [-0.1, -0.05) is 18.2 Å². The molecule has 1 aromatic heterocycles. The summed E-state index contributed by atoms with van der Waals surface area (Å²) in [4.78, 5) is 6.86. The Morgan fingerprint density at radius 1 is 0.974 bits per heavy atom. The Labute approximate surface area is 226 Å². The molecule has 3 aliphatic heterocycles. The van der Waals surface area contributed by atoms with Gasteiger partial charge in [-0.3, -0.25) is 4.90 Å². The highest BCUT2D eigenvalue weighted by Gasteiger charge is 2.36. The normalized spacial score (nSPS) is 24.3. The molecule has 2 aromatic carbocycles. The van der Waals surface area contributed by atoms with Gasteiger partial charge in [0.25, 0.3) is 0 Å². The third kappa shape index (κ3) is 6.74. The van der Waals surface area contributed by atoms with Crippen LogP contribution in [0.4, 0.5) is 27.6 Å². The van der Waals surface area contributed by atoms with Crippen molar-refractivity contribution in [2.75, 3.05) is 37.6 Å². The molecule has 0 radical (unpaired) electrons. The van der Waals surface area contributed by atoms with Crippen molar-refractivity contribution in [2.24, 2.45) is 5.41 Å². The van der Waals surface area contributed by atoms with Crippen LogP contribution in [0.25, 0.3) is 10.9 Å². The number of fused-ring (bicyclic) bond motifs is 3. The lowest BCUT2D eigenvalue weighted by Gasteiger charge is -2.37. The number of piperidine rings is 1. The summed E-state index contributed by atoms with van der Waals surface area (Å²) >= 11 is 0. The number of nitrogens with one attached hydrogen (secondary N) is 2. The standard InChI is InChI=1S/C16H22F2N2.C14H15F3N2/c17-13-9-14(18)11-15(10-13)20-7-2-4-16(5-8-20)3-1-6-19-12-16;1-9-6-11-10-4-2-3-5-12(10)18-13(11)7-19(9)8-14(15,16)17/h9-11,19H,1-8,12H2;2-5,9,18H,6-8H2,1H3. The van der Waals surface area contributed by atoms with Crippen LogP contribution < -0.4 is 10.2 Å².